The van der Waals surface area contributed by atoms with Crippen molar-refractivity contribution >= 4 is 29.3 Å². The van der Waals surface area contributed by atoms with Crippen molar-refractivity contribution in [2.75, 3.05) is 11.6 Å². The summed E-state index contributed by atoms with van der Waals surface area (Å²) in [5.74, 6) is -1.14. The molecule has 4 nitrogen and oxygen atoms in total. The first kappa shape index (κ1) is 12.6. The number of anilines is 1. The smallest absolute Gasteiger partial charge is 0.335 e. The molecule has 5 heteroatoms. The number of thioether (sulfide) groups is 1. The summed E-state index contributed by atoms with van der Waals surface area (Å²) in [5, 5.41) is 11.3. The van der Waals surface area contributed by atoms with E-state index in [-0.39, 0.29) is 16.7 Å². The first-order chi connectivity index (χ1) is 7.54. The number of aromatic carboxylic acids is 1. The first-order valence-electron chi connectivity index (χ1n) is 4.71. The average Bonchev–Trinajstić information content (AvgIpc) is 2.28. The fourth-order valence-corrected chi connectivity index (χ4v) is 1.35. The van der Waals surface area contributed by atoms with Gasteiger partial charge in [-0.15, -0.1) is 0 Å². The van der Waals surface area contributed by atoms with Crippen LogP contribution in [-0.2, 0) is 4.79 Å². The molecule has 86 valence electrons. The molecule has 2 N–H and O–H groups in total. The molecule has 1 rings (SSSR count). The van der Waals surface area contributed by atoms with Gasteiger partial charge in [-0.1, -0.05) is 6.07 Å². The lowest BCUT2D eigenvalue weighted by molar-refractivity contribution is -0.115. The molecule has 0 fully saturated rings. The molecule has 0 aliphatic rings. The van der Waals surface area contributed by atoms with Crippen LogP contribution >= 0.6 is 11.8 Å². The molecule has 1 atom stereocenters. The average molecular weight is 239 g/mol. The number of carboxylic acids is 1. The SMILES string of the molecule is CSC(C)C(=O)Nc1cccc(C(=O)O)c1. The Morgan fingerprint density at radius 2 is 2.12 bits per heavy atom. The van der Waals surface area contributed by atoms with Gasteiger partial charge in [-0.25, -0.2) is 4.79 Å². The quantitative estimate of drug-likeness (QED) is 0.844. The zero-order valence-electron chi connectivity index (χ0n) is 9.06. The van der Waals surface area contributed by atoms with Gasteiger partial charge in [0, 0.05) is 5.69 Å². The summed E-state index contributed by atoms with van der Waals surface area (Å²) in [6.45, 7) is 1.79. The first-order valence-corrected chi connectivity index (χ1v) is 6.00. The minimum atomic E-state index is -1.01. The Kier molecular flexibility index (Phi) is 4.37. The van der Waals surface area contributed by atoms with Crippen LogP contribution in [-0.4, -0.2) is 28.5 Å². The Bertz CT molecular complexity index is 406. The van der Waals surface area contributed by atoms with Crippen molar-refractivity contribution in [2.45, 2.75) is 12.2 Å². The summed E-state index contributed by atoms with van der Waals surface area (Å²) in [7, 11) is 0. The molecule has 0 aliphatic carbocycles. The molecule has 0 radical (unpaired) electrons. The minimum absolute atomic E-state index is 0.130. The van der Waals surface area contributed by atoms with Crippen LogP contribution in [0.5, 0.6) is 0 Å². The topological polar surface area (TPSA) is 66.4 Å². The summed E-state index contributed by atoms with van der Waals surface area (Å²) in [5.41, 5.74) is 0.667. The predicted octanol–water partition coefficient (Wildman–Crippen LogP) is 2.07. The van der Waals surface area contributed by atoms with Gasteiger partial charge < -0.3 is 10.4 Å². The monoisotopic (exact) mass is 239 g/mol. The molecule has 1 amide bonds. The van der Waals surface area contributed by atoms with Crippen molar-refractivity contribution < 1.29 is 14.7 Å². The van der Waals surface area contributed by atoms with E-state index < -0.39 is 5.97 Å². The van der Waals surface area contributed by atoms with Crippen molar-refractivity contribution in [3.8, 4) is 0 Å². The van der Waals surface area contributed by atoms with Gasteiger partial charge in [0.2, 0.25) is 5.91 Å². The van der Waals surface area contributed by atoms with E-state index in [1.54, 1.807) is 19.1 Å². The van der Waals surface area contributed by atoms with Crippen LogP contribution in [0.1, 0.15) is 17.3 Å². The van der Waals surface area contributed by atoms with Gasteiger partial charge in [0.15, 0.2) is 0 Å². The molecule has 0 aliphatic heterocycles. The molecule has 0 saturated heterocycles. The fraction of sp³-hybridized carbons (Fsp3) is 0.273. The van der Waals surface area contributed by atoms with E-state index in [0.29, 0.717) is 5.69 Å². The molecular formula is C11H13NO3S. The van der Waals surface area contributed by atoms with E-state index in [9.17, 15) is 9.59 Å². The minimum Gasteiger partial charge on any atom is -0.478 e. The fourth-order valence-electron chi connectivity index (χ4n) is 1.08. The maximum Gasteiger partial charge on any atom is 0.335 e. The Morgan fingerprint density at radius 3 is 2.69 bits per heavy atom. The van der Waals surface area contributed by atoms with E-state index in [4.69, 9.17) is 5.11 Å². The van der Waals surface area contributed by atoms with Crippen molar-refractivity contribution in [3.63, 3.8) is 0 Å². The molecular weight excluding hydrogens is 226 g/mol. The highest BCUT2D eigenvalue weighted by molar-refractivity contribution is 7.99. The molecule has 0 heterocycles. The van der Waals surface area contributed by atoms with Crippen molar-refractivity contribution in [3.05, 3.63) is 29.8 Å². The number of carboxylic acid groups (broad SMARTS) is 1. The van der Waals surface area contributed by atoms with Crippen LogP contribution in [0, 0.1) is 0 Å². The molecule has 16 heavy (non-hydrogen) atoms. The number of hydrogen-bond donors (Lipinski definition) is 2. The highest BCUT2D eigenvalue weighted by atomic mass is 32.2. The number of benzene rings is 1. The molecule has 1 unspecified atom stereocenters. The molecule has 0 spiro atoms. The second-order valence-corrected chi connectivity index (χ2v) is 4.43. The lowest BCUT2D eigenvalue weighted by Crippen LogP contribution is -2.22. The maximum absolute atomic E-state index is 11.5. The second kappa shape index (κ2) is 5.55. The summed E-state index contributed by atoms with van der Waals surface area (Å²) in [4.78, 5) is 22.3. The van der Waals surface area contributed by atoms with Crippen LogP contribution in [0.4, 0.5) is 5.69 Å². The lowest BCUT2D eigenvalue weighted by atomic mass is 10.2. The third-order valence-electron chi connectivity index (χ3n) is 2.10. The van der Waals surface area contributed by atoms with E-state index in [1.165, 1.54) is 23.9 Å². The van der Waals surface area contributed by atoms with Gasteiger partial charge in [0.1, 0.15) is 0 Å². The number of amides is 1. The Balaban J connectivity index is 2.78. The summed E-state index contributed by atoms with van der Waals surface area (Å²) < 4.78 is 0. The molecule has 0 aromatic heterocycles. The third-order valence-corrected chi connectivity index (χ3v) is 3.02. The van der Waals surface area contributed by atoms with Gasteiger partial charge in [0.05, 0.1) is 10.8 Å². The predicted molar refractivity (Wildman–Crippen MR) is 65.0 cm³/mol. The van der Waals surface area contributed by atoms with Crippen LogP contribution in [0.3, 0.4) is 0 Å². The van der Waals surface area contributed by atoms with Crippen LogP contribution in [0.2, 0.25) is 0 Å². The number of hydrogen-bond acceptors (Lipinski definition) is 3. The molecule has 1 aromatic carbocycles. The lowest BCUT2D eigenvalue weighted by Gasteiger charge is -2.09. The van der Waals surface area contributed by atoms with Crippen LogP contribution in [0.15, 0.2) is 24.3 Å². The summed E-state index contributed by atoms with van der Waals surface area (Å²) in [6, 6.07) is 6.18. The van der Waals surface area contributed by atoms with E-state index >= 15 is 0 Å². The number of carbonyl (C=O) groups excluding carboxylic acids is 1. The van der Waals surface area contributed by atoms with E-state index in [0.717, 1.165) is 0 Å². The Labute approximate surface area is 98.0 Å². The summed E-state index contributed by atoms with van der Waals surface area (Å²) in [6.07, 6.45) is 1.85. The zero-order valence-corrected chi connectivity index (χ0v) is 9.88. The van der Waals surface area contributed by atoms with Gasteiger partial charge in [0.25, 0.3) is 0 Å². The van der Waals surface area contributed by atoms with Crippen molar-refractivity contribution in [1.29, 1.82) is 0 Å². The maximum atomic E-state index is 11.5. The van der Waals surface area contributed by atoms with E-state index in [2.05, 4.69) is 5.32 Å². The second-order valence-electron chi connectivity index (χ2n) is 3.25. The highest BCUT2D eigenvalue weighted by Crippen LogP contribution is 2.13. The Morgan fingerprint density at radius 1 is 1.44 bits per heavy atom. The van der Waals surface area contributed by atoms with Crippen LogP contribution < -0.4 is 5.32 Å². The van der Waals surface area contributed by atoms with Gasteiger partial charge in [-0.05, 0) is 31.4 Å². The van der Waals surface area contributed by atoms with Gasteiger partial charge in [-0.3, -0.25) is 4.79 Å². The number of carbonyl (C=O) groups is 2. The van der Waals surface area contributed by atoms with E-state index in [1.807, 2.05) is 6.26 Å². The number of rotatable bonds is 4. The molecule has 1 aromatic rings. The van der Waals surface area contributed by atoms with Crippen molar-refractivity contribution in [1.82, 2.24) is 0 Å². The third kappa shape index (κ3) is 3.27. The zero-order chi connectivity index (χ0) is 12.1. The van der Waals surface area contributed by atoms with Crippen molar-refractivity contribution in [2.24, 2.45) is 0 Å². The van der Waals surface area contributed by atoms with Crippen LogP contribution in [0.25, 0.3) is 0 Å². The largest absolute Gasteiger partial charge is 0.478 e. The summed E-state index contributed by atoms with van der Waals surface area (Å²) >= 11 is 1.43. The van der Waals surface area contributed by atoms with Gasteiger partial charge >= 0.3 is 5.97 Å². The highest BCUT2D eigenvalue weighted by Gasteiger charge is 2.11. The molecule has 0 bridgehead atoms. The Hall–Kier alpha value is -1.49. The molecule has 0 saturated carbocycles. The van der Waals surface area contributed by atoms with Gasteiger partial charge in [-0.2, -0.15) is 11.8 Å². The standard InChI is InChI=1S/C11H13NO3S/c1-7(16-2)10(13)12-9-5-3-4-8(6-9)11(14)15/h3-7H,1-2H3,(H,12,13)(H,14,15). The normalized spacial score (nSPS) is 11.9. The number of nitrogens with one attached hydrogen (secondary N) is 1.